The molecule has 2 aliphatic rings. The number of nitrogens with one attached hydrogen (secondary N) is 1. The van der Waals surface area contributed by atoms with Crippen LogP contribution in [0.2, 0.25) is 0 Å². The van der Waals surface area contributed by atoms with Crippen LogP contribution in [-0.2, 0) is 4.79 Å². The lowest BCUT2D eigenvalue weighted by molar-refractivity contribution is -0.129. The molecule has 0 aromatic heterocycles. The van der Waals surface area contributed by atoms with Crippen LogP contribution in [0.3, 0.4) is 0 Å². The number of amides is 1. The summed E-state index contributed by atoms with van der Waals surface area (Å²) in [5.41, 5.74) is -0.159. The fourth-order valence-corrected chi connectivity index (χ4v) is 3.32. The fraction of sp³-hybridized carbons (Fsp3) is 0.533. The molecule has 0 radical (unpaired) electrons. The van der Waals surface area contributed by atoms with Crippen LogP contribution in [-0.4, -0.2) is 30.4 Å². The van der Waals surface area contributed by atoms with Crippen molar-refractivity contribution in [1.29, 1.82) is 0 Å². The first kappa shape index (κ1) is 14.2. The molecule has 1 N–H and O–H groups in total. The van der Waals surface area contributed by atoms with Gasteiger partial charge in [0.15, 0.2) is 11.6 Å². The van der Waals surface area contributed by atoms with E-state index in [4.69, 9.17) is 0 Å². The van der Waals surface area contributed by atoms with Gasteiger partial charge < -0.3 is 10.2 Å². The van der Waals surface area contributed by atoms with E-state index in [-0.39, 0.29) is 12.5 Å². The zero-order valence-corrected chi connectivity index (χ0v) is 11.9. The summed E-state index contributed by atoms with van der Waals surface area (Å²) >= 11 is 0. The zero-order valence-electron chi connectivity index (χ0n) is 11.9. The Balaban J connectivity index is 1.58. The van der Waals surface area contributed by atoms with Crippen LogP contribution in [0.4, 0.5) is 18.9 Å². The number of hydrogen-bond donors (Lipinski definition) is 1. The van der Waals surface area contributed by atoms with Crippen molar-refractivity contribution in [3.05, 3.63) is 29.6 Å². The Morgan fingerprint density at radius 2 is 1.76 bits per heavy atom. The smallest absolute Gasteiger partial charge is 0.241 e. The van der Waals surface area contributed by atoms with Crippen LogP contribution in [0, 0.1) is 34.7 Å². The molecule has 1 saturated carbocycles. The van der Waals surface area contributed by atoms with Gasteiger partial charge in [-0.15, -0.1) is 0 Å². The molecule has 0 unspecified atom stereocenters. The molecule has 2 atom stereocenters. The SMILES string of the molecule is CC1(C)[C@@H]2CN(C(=O)CNc3c(F)cc(F)cc3F)C[C@@H]21. The van der Waals surface area contributed by atoms with Crippen LogP contribution >= 0.6 is 0 Å². The summed E-state index contributed by atoms with van der Waals surface area (Å²) < 4.78 is 39.7. The molecule has 3 nitrogen and oxygen atoms in total. The minimum atomic E-state index is -1.04. The maximum atomic E-state index is 13.4. The van der Waals surface area contributed by atoms with E-state index in [0.717, 1.165) is 0 Å². The number of anilines is 1. The van der Waals surface area contributed by atoms with Gasteiger partial charge >= 0.3 is 0 Å². The van der Waals surface area contributed by atoms with Gasteiger partial charge in [-0.2, -0.15) is 0 Å². The lowest BCUT2D eigenvalue weighted by Gasteiger charge is -2.22. The highest BCUT2D eigenvalue weighted by molar-refractivity contribution is 5.81. The number of likely N-dealkylation sites (tertiary alicyclic amines) is 1. The quantitative estimate of drug-likeness (QED) is 0.930. The molecule has 3 rings (SSSR count). The third kappa shape index (κ3) is 2.36. The second-order valence-electron chi connectivity index (χ2n) is 6.43. The van der Waals surface area contributed by atoms with Crippen LogP contribution in [0.25, 0.3) is 0 Å². The summed E-state index contributed by atoms with van der Waals surface area (Å²) in [7, 11) is 0. The number of halogens is 3. The molecule has 1 aromatic carbocycles. The zero-order chi connectivity index (χ0) is 15.4. The monoisotopic (exact) mass is 298 g/mol. The number of benzene rings is 1. The molecule has 114 valence electrons. The molecule has 2 fully saturated rings. The topological polar surface area (TPSA) is 32.3 Å². The van der Waals surface area contributed by atoms with Crippen molar-refractivity contribution >= 4 is 11.6 Å². The highest BCUT2D eigenvalue weighted by atomic mass is 19.1. The number of carbonyl (C=O) groups excluding carboxylic acids is 1. The first-order valence-corrected chi connectivity index (χ1v) is 6.97. The van der Waals surface area contributed by atoms with E-state index in [9.17, 15) is 18.0 Å². The Morgan fingerprint density at radius 1 is 1.24 bits per heavy atom. The summed E-state index contributed by atoms with van der Waals surface area (Å²) in [5, 5.41) is 2.43. The lowest BCUT2D eigenvalue weighted by atomic mass is 10.1. The van der Waals surface area contributed by atoms with E-state index >= 15 is 0 Å². The van der Waals surface area contributed by atoms with Crippen molar-refractivity contribution in [2.75, 3.05) is 25.0 Å². The van der Waals surface area contributed by atoms with Crippen molar-refractivity contribution in [1.82, 2.24) is 4.90 Å². The molecule has 6 heteroatoms. The van der Waals surface area contributed by atoms with E-state index in [2.05, 4.69) is 19.2 Å². The summed E-state index contributed by atoms with van der Waals surface area (Å²) in [6.07, 6.45) is 0. The highest BCUT2D eigenvalue weighted by Gasteiger charge is 2.62. The van der Waals surface area contributed by atoms with Crippen LogP contribution in [0.1, 0.15) is 13.8 Å². The van der Waals surface area contributed by atoms with E-state index < -0.39 is 23.1 Å². The fourth-order valence-electron chi connectivity index (χ4n) is 3.32. The van der Waals surface area contributed by atoms with E-state index in [1.165, 1.54) is 0 Å². The highest BCUT2D eigenvalue weighted by Crippen LogP contribution is 2.61. The van der Waals surface area contributed by atoms with Gasteiger partial charge in [0.25, 0.3) is 0 Å². The van der Waals surface area contributed by atoms with Crippen LogP contribution < -0.4 is 5.32 Å². The van der Waals surface area contributed by atoms with Crippen molar-refractivity contribution in [2.24, 2.45) is 17.3 Å². The molecule has 1 aliphatic carbocycles. The van der Waals surface area contributed by atoms with Gasteiger partial charge in [-0.3, -0.25) is 4.79 Å². The Bertz CT molecular complexity index is 566. The van der Waals surface area contributed by atoms with Crippen LogP contribution in [0.15, 0.2) is 12.1 Å². The van der Waals surface area contributed by atoms with E-state index in [1.54, 1.807) is 4.90 Å². The minimum Gasteiger partial charge on any atom is -0.371 e. The molecule has 1 heterocycles. The third-order valence-electron chi connectivity index (χ3n) is 4.90. The molecule has 21 heavy (non-hydrogen) atoms. The Morgan fingerprint density at radius 3 is 2.29 bits per heavy atom. The maximum Gasteiger partial charge on any atom is 0.241 e. The number of carbonyl (C=O) groups is 1. The normalized spacial score (nSPS) is 25.7. The van der Waals surface area contributed by atoms with Crippen molar-refractivity contribution in [3.63, 3.8) is 0 Å². The summed E-state index contributed by atoms with van der Waals surface area (Å²) in [6, 6.07) is 1.17. The molecule has 0 bridgehead atoms. The second-order valence-corrected chi connectivity index (χ2v) is 6.43. The standard InChI is InChI=1S/C15H17F3N2O/c1-15(2)9-6-20(7-10(9)15)13(21)5-19-14-11(17)3-8(16)4-12(14)18/h3-4,9-10,19H,5-7H2,1-2H3/t9-,10+. The van der Waals surface area contributed by atoms with Crippen molar-refractivity contribution in [2.45, 2.75) is 13.8 Å². The Labute approximate surface area is 121 Å². The number of hydrogen-bond acceptors (Lipinski definition) is 2. The molecule has 1 amide bonds. The number of fused-ring (bicyclic) bond motifs is 1. The van der Waals surface area contributed by atoms with Gasteiger partial charge in [0, 0.05) is 25.2 Å². The second kappa shape index (κ2) is 4.64. The van der Waals surface area contributed by atoms with Gasteiger partial charge in [0.1, 0.15) is 11.5 Å². The third-order valence-corrected chi connectivity index (χ3v) is 4.90. The first-order chi connectivity index (χ1) is 9.80. The largest absolute Gasteiger partial charge is 0.371 e. The summed E-state index contributed by atoms with van der Waals surface area (Å²) in [4.78, 5) is 13.7. The molecular weight excluding hydrogens is 281 g/mol. The molecule has 1 saturated heterocycles. The van der Waals surface area contributed by atoms with Crippen molar-refractivity contribution < 1.29 is 18.0 Å². The lowest BCUT2D eigenvalue weighted by Crippen LogP contribution is -2.37. The van der Waals surface area contributed by atoms with Gasteiger partial charge in [0.05, 0.1) is 6.54 Å². The molecule has 0 spiro atoms. The molecule has 1 aromatic rings. The van der Waals surface area contributed by atoms with Gasteiger partial charge in [-0.05, 0) is 17.3 Å². The van der Waals surface area contributed by atoms with Gasteiger partial charge in [-0.25, -0.2) is 13.2 Å². The van der Waals surface area contributed by atoms with E-state index in [1.807, 2.05) is 0 Å². The maximum absolute atomic E-state index is 13.4. The van der Waals surface area contributed by atoms with E-state index in [0.29, 0.717) is 42.5 Å². The predicted octanol–water partition coefficient (Wildman–Crippen LogP) is 2.63. The average Bonchev–Trinajstić information content (AvgIpc) is 2.78. The summed E-state index contributed by atoms with van der Waals surface area (Å²) in [6.45, 7) is 5.58. The van der Waals surface area contributed by atoms with Crippen molar-refractivity contribution in [3.8, 4) is 0 Å². The Kier molecular flexibility index (Phi) is 3.15. The Hall–Kier alpha value is -1.72. The summed E-state index contributed by atoms with van der Waals surface area (Å²) in [5.74, 6) is -2.19. The molecule has 1 aliphatic heterocycles. The van der Waals surface area contributed by atoms with Crippen LogP contribution in [0.5, 0.6) is 0 Å². The van der Waals surface area contributed by atoms with Gasteiger partial charge in [-0.1, -0.05) is 13.8 Å². The minimum absolute atomic E-state index is 0.193. The van der Waals surface area contributed by atoms with Gasteiger partial charge in [0.2, 0.25) is 5.91 Å². The first-order valence-electron chi connectivity index (χ1n) is 6.97. The number of nitrogens with zero attached hydrogens (tertiary/aromatic N) is 1. The number of rotatable bonds is 3. The predicted molar refractivity (Wildman–Crippen MR) is 72.1 cm³/mol. The average molecular weight is 298 g/mol. The molecular formula is C15H17F3N2O. The number of piperidine rings is 1.